The summed E-state index contributed by atoms with van der Waals surface area (Å²) in [6.45, 7) is 8.82. The summed E-state index contributed by atoms with van der Waals surface area (Å²) in [4.78, 5) is 4.65. The summed E-state index contributed by atoms with van der Waals surface area (Å²) in [5, 5.41) is 3.64. The van der Waals surface area contributed by atoms with Crippen molar-refractivity contribution in [2.75, 3.05) is 0 Å². The van der Waals surface area contributed by atoms with Crippen LogP contribution < -0.4 is 9.30 Å². The van der Waals surface area contributed by atoms with Crippen molar-refractivity contribution in [3.8, 4) is 22.8 Å². The van der Waals surface area contributed by atoms with E-state index in [1.165, 1.54) is 38.5 Å². The average molecular weight is 369 g/mol. The SMILES string of the molecule is Cc1c2c(c(C)c3ncccc13)Oc1cc(CC(C)C)cc3cc[n+](C)c-2c13. The molecule has 2 aromatic carbocycles. The summed E-state index contributed by atoms with van der Waals surface area (Å²) >= 11 is 0. The van der Waals surface area contributed by atoms with Gasteiger partial charge in [0.25, 0.3) is 0 Å². The van der Waals surface area contributed by atoms with Gasteiger partial charge in [-0.2, -0.15) is 0 Å². The van der Waals surface area contributed by atoms with E-state index in [-0.39, 0.29) is 0 Å². The number of hydrogen-bond donors (Lipinski definition) is 0. The lowest BCUT2D eigenvalue weighted by atomic mass is 9.90. The molecule has 0 spiro atoms. The normalized spacial score (nSPS) is 12.5. The number of rotatable bonds is 2. The molecule has 5 rings (SSSR count). The minimum Gasteiger partial charge on any atom is -0.455 e. The number of aryl methyl sites for hydroxylation is 3. The highest BCUT2D eigenvalue weighted by Crippen LogP contribution is 2.50. The second kappa shape index (κ2) is 6.03. The second-order valence-electron chi connectivity index (χ2n) is 8.39. The molecule has 0 unspecified atom stereocenters. The lowest BCUT2D eigenvalue weighted by Gasteiger charge is -2.24. The number of nitrogens with zero attached hydrogens (tertiary/aromatic N) is 2. The van der Waals surface area contributed by atoms with Gasteiger partial charge in [0.1, 0.15) is 18.5 Å². The van der Waals surface area contributed by atoms with E-state index < -0.39 is 0 Å². The molecular formula is C25H25N2O+. The van der Waals surface area contributed by atoms with Crippen molar-refractivity contribution in [3.63, 3.8) is 0 Å². The smallest absolute Gasteiger partial charge is 0.228 e. The molecule has 3 nitrogen and oxygen atoms in total. The Hall–Kier alpha value is -2.94. The first kappa shape index (κ1) is 17.2. The Morgan fingerprint density at radius 2 is 1.93 bits per heavy atom. The molecule has 0 radical (unpaired) electrons. The number of aromatic nitrogens is 2. The number of pyridine rings is 2. The van der Waals surface area contributed by atoms with Gasteiger partial charge in [-0.05, 0) is 54.8 Å². The number of fused-ring (bicyclic) bond motifs is 3. The van der Waals surface area contributed by atoms with Crippen LogP contribution in [0.1, 0.15) is 30.5 Å². The van der Waals surface area contributed by atoms with E-state index in [4.69, 9.17) is 4.74 Å². The number of ether oxygens (including phenoxy) is 1. The van der Waals surface area contributed by atoms with Gasteiger partial charge < -0.3 is 4.74 Å². The van der Waals surface area contributed by atoms with Gasteiger partial charge in [0, 0.05) is 23.2 Å². The second-order valence-corrected chi connectivity index (χ2v) is 8.39. The van der Waals surface area contributed by atoms with Crippen LogP contribution in [0.4, 0.5) is 0 Å². The van der Waals surface area contributed by atoms with Crippen molar-refractivity contribution in [3.05, 3.63) is 59.4 Å². The molecule has 1 aliphatic rings. The van der Waals surface area contributed by atoms with Gasteiger partial charge in [-0.3, -0.25) is 4.98 Å². The third-order valence-electron chi connectivity index (χ3n) is 5.86. The molecule has 0 saturated heterocycles. The summed E-state index contributed by atoms with van der Waals surface area (Å²) < 4.78 is 8.82. The number of hydrogen-bond acceptors (Lipinski definition) is 2. The van der Waals surface area contributed by atoms with Crippen molar-refractivity contribution in [1.82, 2.24) is 4.98 Å². The summed E-state index contributed by atoms with van der Waals surface area (Å²) in [6, 6.07) is 10.9. The molecule has 0 N–H and O–H groups in total. The molecule has 1 aliphatic heterocycles. The highest BCUT2D eigenvalue weighted by atomic mass is 16.5. The van der Waals surface area contributed by atoms with Crippen LogP contribution in [-0.2, 0) is 13.5 Å². The Kier molecular flexibility index (Phi) is 3.70. The van der Waals surface area contributed by atoms with Crippen LogP contribution in [0.25, 0.3) is 32.9 Å². The first-order chi connectivity index (χ1) is 13.5. The lowest BCUT2D eigenvalue weighted by Crippen LogP contribution is -2.32. The van der Waals surface area contributed by atoms with Crippen LogP contribution in [-0.4, -0.2) is 4.98 Å². The van der Waals surface area contributed by atoms with E-state index >= 15 is 0 Å². The van der Waals surface area contributed by atoms with Crippen LogP contribution in [0, 0.1) is 19.8 Å². The fourth-order valence-electron chi connectivity index (χ4n) is 4.62. The topological polar surface area (TPSA) is 26.0 Å². The average Bonchev–Trinajstić information content (AvgIpc) is 2.67. The van der Waals surface area contributed by atoms with Gasteiger partial charge in [0.2, 0.25) is 5.69 Å². The van der Waals surface area contributed by atoms with E-state index in [0.29, 0.717) is 5.92 Å². The molecular weight excluding hydrogens is 344 g/mol. The van der Waals surface area contributed by atoms with Crippen LogP contribution in [0.15, 0.2) is 42.7 Å². The van der Waals surface area contributed by atoms with Crippen molar-refractivity contribution in [1.29, 1.82) is 0 Å². The van der Waals surface area contributed by atoms with E-state index in [1.807, 2.05) is 12.3 Å². The van der Waals surface area contributed by atoms with E-state index in [1.54, 1.807) is 0 Å². The van der Waals surface area contributed by atoms with Crippen molar-refractivity contribution < 1.29 is 9.30 Å². The number of benzene rings is 2. The Morgan fingerprint density at radius 3 is 2.71 bits per heavy atom. The third-order valence-corrected chi connectivity index (χ3v) is 5.86. The van der Waals surface area contributed by atoms with Gasteiger partial charge in [-0.1, -0.05) is 26.0 Å². The standard InChI is InChI=1S/C25H25N2O/c1-14(2)11-17-12-18-8-10-27(5)24-21-15(3)19-7-6-9-26-23(19)16(4)25(21)28-20(13-17)22(18)24/h6-10,12-14H,11H2,1-5H3/q+1. The maximum Gasteiger partial charge on any atom is 0.228 e. The Labute approximate surface area is 165 Å². The van der Waals surface area contributed by atoms with Gasteiger partial charge in [-0.25, -0.2) is 4.57 Å². The Balaban J connectivity index is 1.91. The van der Waals surface area contributed by atoms with Crippen LogP contribution in [0.3, 0.4) is 0 Å². The zero-order valence-electron chi connectivity index (χ0n) is 17.1. The van der Waals surface area contributed by atoms with Gasteiger partial charge >= 0.3 is 0 Å². The summed E-state index contributed by atoms with van der Waals surface area (Å²) in [7, 11) is 2.12. The molecule has 3 heteroatoms. The van der Waals surface area contributed by atoms with Crippen LogP contribution in [0.5, 0.6) is 11.5 Å². The summed E-state index contributed by atoms with van der Waals surface area (Å²) in [5.74, 6) is 2.52. The maximum atomic E-state index is 6.59. The Bertz CT molecular complexity index is 1270. The molecule has 0 saturated carbocycles. The zero-order valence-corrected chi connectivity index (χ0v) is 17.1. The monoisotopic (exact) mass is 369 g/mol. The van der Waals surface area contributed by atoms with Crippen molar-refractivity contribution in [2.45, 2.75) is 34.1 Å². The van der Waals surface area contributed by atoms with Gasteiger partial charge in [-0.15, -0.1) is 0 Å². The van der Waals surface area contributed by atoms with E-state index in [2.05, 4.69) is 74.8 Å². The summed E-state index contributed by atoms with van der Waals surface area (Å²) in [5.41, 5.74) is 7.10. The fraction of sp³-hybridized carbons (Fsp3) is 0.280. The van der Waals surface area contributed by atoms with E-state index in [0.717, 1.165) is 29.0 Å². The molecule has 4 aromatic rings. The molecule has 0 bridgehead atoms. The molecule has 28 heavy (non-hydrogen) atoms. The van der Waals surface area contributed by atoms with Crippen molar-refractivity contribution in [2.24, 2.45) is 13.0 Å². The summed E-state index contributed by atoms with van der Waals surface area (Å²) in [6.07, 6.45) is 5.07. The fourth-order valence-corrected chi connectivity index (χ4v) is 4.62. The zero-order chi connectivity index (χ0) is 19.6. The molecule has 2 aromatic heterocycles. The largest absolute Gasteiger partial charge is 0.455 e. The van der Waals surface area contributed by atoms with Crippen molar-refractivity contribution >= 4 is 21.7 Å². The molecule has 0 atom stereocenters. The molecule has 3 heterocycles. The molecule has 0 aliphatic carbocycles. The van der Waals surface area contributed by atoms with Crippen LogP contribution >= 0.6 is 0 Å². The third kappa shape index (κ3) is 2.35. The highest BCUT2D eigenvalue weighted by Gasteiger charge is 2.32. The van der Waals surface area contributed by atoms with Gasteiger partial charge in [0.15, 0.2) is 6.20 Å². The van der Waals surface area contributed by atoms with Gasteiger partial charge in [0.05, 0.1) is 16.5 Å². The quantitative estimate of drug-likeness (QED) is 0.368. The van der Waals surface area contributed by atoms with E-state index in [9.17, 15) is 0 Å². The predicted octanol–water partition coefficient (Wildman–Crippen LogP) is 5.80. The lowest BCUT2D eigenvalue weighted by molar-refractivity contribution is -0.659. The highest BCUT2D eigenvalue weighted by molar-refractivity contribution is 6.05. The van der Waals surface area contributed by atoms with Crippen LogP contribution in [0.2, 0.25) is 0 Å². The minimum atomic E-state index is 0.608. The molecule has 0 fully saturated rings. The first-order valence-corrected chi connectivity index (χ1v) is 9.97. The first-order valence-electron chi connectivity index (χ1n) is 9.97. The minimum absolute atomic E-state index is 0.608. The maximum absolute atomic E-state index is 6.59. The Morgan fingerprint density at radius 1 is 1.11 bits per heavy atom. The predicted molar refractivity (Wildman–Crippen MR) is 114 cm³/mol. The molecule has 140 valence electrons. The molecule has 0 amide bonds.